The van der Waals surface area contributed by atoms with Gasteiger partial charge in [-0.05, 0) is 26.2 Å². The Labute approximate surface area is 399 Å². The van der Waals surface area contributed by atoms with E-state index in [1.54, 1.807) is 13.8 Å². The molecule has 6 heteroatoms. The Morgan fingerprint density at radius 2 is 0.469 bits per heavy atom. The quantitative estimate of drug-likeness (QED) is 0.0344. The summed E-state index contributed by atoms with van der Waals surface area (Å²) in [5.74, 6) is -2.78. The fourth-order valence-electron chi connectivity index (χ4n) is 9.03. The van der Waals surface area contributed by atoms with E-state index in [0.29, 0.717) is 6.42 Å². The molecule has 0 rings (SSSR count). The molecule has 0 saturated carbocycles. The smallest absolute Gasteiger partial charge is 0.309 e. The van der Waals surface area contributed by atoms with Gasteiger partial charge in [-0.25, -0.2) is 0 Å². The standard InChI is InChI=1S/C58H112O6/c1-6-9-12-15-18-21-24-27-30-33-36-39-42-45-48-51-55(59)62-54(4)58(5,63-56(60)52-49-46-43-40-37-34-31-28-25-22-19-16-13-10-7-2)64-57(61)53-50-47-44-41-38-35-32-29-26-23-20-17-14-11-8-3/h54H,6-53H2,1-5H3. The zero-order valence-corrected chi connectivity index (χ0v) is 44.0. The molecule has 0 amide bonds. The number of hydrogen-bond donors (Lipinski definition) is 0. The Bertz CT molecular complexity index is 947. The van der Waals surface area contributed by atoms with Gasteiger partial charge >= 0.3 is 17.9 Å². The molecule has 0 N–H and O–H groups in total. The summed E-state index contributed by atoms with van der Waals surface area (Å²) in [5, 5.41) is 0. The second-order valence-electron chi connectivity index (χ2n) is 20.2. The number of unbranched alkanes of at least 4 members (excludes halogenated alkanes) is 42. The van der Waals surface area contributed by atoms with Crippen molar-refractivity contribution in [1.82, 2.24) is 0 Å². The molecule has 0 aromatic heterocycles. The van der Waals surface area contributed by atoms with Gasteiger partial charge in [0.1, 0.15) is 0 Å². The van der Waals surface area contributed by atoms with Gasteiger partial charge in [0, 0.05) is 26.2 Å². The molecule has 0 aromatic rings. The van der Waals surface area contributed by atoms with E-state index in [1.165, 1.54) is 231 Å². The van der Waals surface area contributed by atoms with Crippen molar-refractivity contribution in [2.45, 2.75) is 355 Å². The summed E-state index contributed by atoms with van der Waals surface area (Å²) in [6.45, 7) is 10.1. The van der Waals surface area contributed by atoms with E-state index in [-0.39, 0.29) is 18.8 Å². The molecule has 0 fully saturated rings. The van der Waals surface area contributed by atoms with E-state index >= 15 is 0 Å². The molecule has 1 atom stereocenters. The highest BCUT2D eigenvalue weighted by molar-refractivity contribution is 5.73. The van der Waals surface area contributed by atoms with Crippen LogP contribution in [-0.2, 0) is 28.6 Å². The highest BCUT2D eigenvalue weighted by atomic mass is 16.8. The van der Waals surface area contributed by atoms with Gasteiger partial charge in [-0.1, -0.05) is 290 Å². The van der Waals surface area contributed by atoms with Gasteiger partial charge in [-0.2, -0.15) is 0 Å². The third-order valence-corrected chi connectivity index (χ3v) is 13.6. The molecule has 0 bridgehead atoms. The number of ether oxygens (including phenoxy) is 3. The molecule has 0 aliphatic carbocycles. The summed E-state index contributed by atoms with van der Waals surface area (Å²) < 4.78 is 17.6. The Morgan fingerprint density at radius 1 is 0.297 bits per heavy atom. The number of hydrogen-bond acceptors (Lipinski definition) is 6. The van der Waals surface area contributed by atoms with Crippen molar-refractivity contribution < 1.29 is 28.6 Å². The summed E-state index contributed by atoms with van der Waals surface area (Å²) >= 11 is 0. The van der Waals surface area contributed by atoms with Crippen LogP contribution in [0, 0.1) is 0 Å². The molecule has 0 aromatic carbocycles. The number of carbonyl (C=O) groups excluding carboxylic acids is 3. The molecule has 0 aliphatic rings. The molecule has 0 spiro atoms. The first-order chi connectivity index (χ1) is 31.3. The van der Waals surface area contributed by atoms with Gasteiger partial charge in [0.05, 0.1) is 0 Å². The SMILES string of the molecule is CCCCCCCCCCCCCCCCCC(=O)OC(C)C(C)(OC(=O)CCCCCCCCCCCCCCCCC)OC(=O)CCCCCCCCCCCCCCCCC. The van der Waals surface area contributed by atoms with Crippen LogP contribution in [0.15, 0.2) is 0 Å². The summed E-state index contributed by atoms with van der Waals surface area (Å²) in [4.78, 5) is 39.3. The van der Waals surface area contributed by atoms with Crippen LogP contribution in [0.5, 0.6) is 0 Å². The molecular weight excluding hydrogens is 793 g/mol. The molecular formula is C58H112O6. The topological polar surface area (TPSA) is 78.9 Å². The molecule has 6 nitrogen and oxygen atoms in total. The highest BCUT2D eigenvalue weighted by Gasteiger charge is 2.42. The lowest BCUT2D eigenvalue weighted by Gasteiger charge is -2.34. The molecule has 0 saturated heterocycles. The summed E-state index contributed by atoms with van der Waals surface area (Å²) in [7, 11) is 0. The lowest BCUT2D eigenvalue weighted by Crippen LogP contribution is -2.48. The molecule has 0 radical (unpaired) electrons. The molecule has 380 valence electrons. The highest BCUT2D eigenvalue weighted by Crippen LogP contribution is 2.25. The minimum atomic E-state index is -1.65. The maximum atomic E-state index is 13.1. The minimum Gasteiger partial charge on any atom is -0.454 e. The maximum Gasteiger partial charge on any atom is 0.309 e. The van der Waals surface area contributed by atoms with Crippen LogP contribution in [-0.4, -0.2) is 29.8 Å². The maximum absolute atomic E-state index is 13.1. The Morgan fingerprint density at radius 3 is 0.672 bits per heavy atom. The first-order valence-electron chi connectivity index (χ1n) is 28.9. The van der Waals surface area contributed by atoms with Crippen molar-refractivity contribution in [3.63, 3.8) is 0 Å². The lowest BCUT2D eigenvalue weighted by molar-refractivity contribution is -0.256. The van der Waals surface area contributed by atoms with E-state index in [0.717, 1.165) is 57.8 Å². The van der Waals surface area contributed by atoms with Crippen LogP contribution in [0.2, 0.25) is 0 Å². The number of rotatable bonds is 52. The van der Waals surface area contributed by atoms with E-state index in [4.69, 9.17) is 14.2 Å². The second kappa shape index (κ2) is 49.3. The van der Waals surface area contributed by atoms with E-state index in [2.05, 4.69) is 20.8 Å². The average Bonchev–Trinajstić information content (AvgIpc) is 3.27. The predicted octanol–water partition coefficient (Wildman–Crippen LogP) is 19.5. The van der Waals surface area contributed by atoms with Crippen molar-refractivity contribution in [3.05, 3.63) is 0 Å². The first-order valence-corrected chi connectivity index (χ1v) is 28.9. The van der Waals surface area contributed by atoms with Crippen LogP contribution < -0.4 is 0 Å². The third kappa shape index (κ3) is 44.3. The van der Waals surface area contributed by atoms with Crippen LogP contribution in [0.1, 0.15) is 343 Å². The van der Waals surface area contributed by atoms with E-state index in [1.807, 2.05) is 0 Å². The fraction of sp³-hybridized carbons (Fsp3) is 0.948. The van der Waals surface area contributed by atoms with Crippen molar-refractivity contribution in [2.24, 2.45) is 0 Å². The third-order valence-electron chi connectivity index (χ3n) is 13.6. The van der Waals surface area contributed by atoms with Gasteiger partial charge in [0.15, 0.2) is 6.10 Å². The molecule has 0 heterocycles. The Hall–Kier alpha value is -1.59. The van der Waals surface area contributed by atoms with Gasteiger partial charge in [-0.3, -0.25) is 14.4 Å². The van der Waals surface area contributed by atoms with Crippen molar-refractivity contribution in [1.29, 1.82) is 0 Å². The van der Waals surface area contributed by atoms with Crippen molar-refractivity contribution in [3.8, 4) is 0 Å². The molecule has 0 aliphatic heterocycles. The van der Waals surface area contributed by atoms with E-state index < -0.39 is 23.8 Å². The predicted molar refractivity (Wildman–Crippen MR) is 275 cm³/mol. The summed E-state index contributed by atoms with van der Waals surface area (Å²) in [6, 6.07) is 0. The molecule has 1 unspecified atom stereocenters. The lowest BCUT2D eigenvalue weighted by atomic mass is 10.0. The Balaban J connectivity index is 4.56. The first kappa shape index (κ1) is 62.4. The zero-order chi connectivity index (χ0) is 46.9. The monoisotopic (exact) mass is 905 g/mol. The Kier molecular flexibility index (Phi) is 48.1. The van der Waals surface area contributed by atoms with Crippen LogP contribution >= 0.6 is 0 Å². The van der Waals surface area contributed by atoms with Gasteiger partial charge < -0.3 is 14.2 Å². The number of carbonyl (C=O) groups is 3. The van der Waals surface area contributed by atoms with Gasteiger partial charge in [-0.15, -0.1) is 0 Å². The van der Waals surface area contributed by atoms with Gasteiger partial charge in [0.2, 0.25) is 0 Å². The van der Waals surface area contributed by atoms with E-state index in [9.17, 15) is 14.4 Å². The van der Waals surface area contributed by atoms with Crippen molar-refractivity contribution >= 4 is 17.9 Å². The zero-order valence-electron chi connectivity index (χ0n) is 44.0. The van der Waals surface area contributed by atoms with Gasteiger partial charge in [0.25, 0.3) is 5.79 Å². The molecule has 64 heavy (non-hydrogen) atoms. The van der Waals surface area contributed by atoms with Crippen LogP contribution in [0.4, 0.5) is 0 Å². The van der Waals surface area contributed by atoms with Crippen molar-refractivity contribution in [2.75, 3.05) is 0 Å². The average molecular weight is 906 g/mol. The van der Waals surface area contributed by atoms with Crippen LogP contribution in [0.25, 0.3) is 0 Å². The summed E-state index contributed by atoms with van der Waals surface area (Å²) in [5.41, 5.74) is 0. The number of esters is 3. The normalized spacial score (nSPS) is 12.1. The minimum absolute atomic E-state index is 0.268. The second-order valence-corrected chi connectivity index (χ2v) is 20.2. The summed E-state index contributed by atoms with van der Waals surface area (Å²) in [6.07, 6.45) is 56.9. The fourth-order valence-corrected chi connectivity index (χ4v) is 9.03. The van der Waals surface area contributed by atoms with Crippen LogP contribution in [0.3, 0.4) is 0 Å². The largest absolute Gasteiger partial charge is 0.454 e.